The van der Waals surface area contributed by atoms with Gasteiger partial charge in [0.25, 0.3) is 5.91 Å². The van der Waals surface area contributed by atoms with Crippen LogP contribution in [0, 0.1) is 11.6 Å². The van der Waals surface area contributed by atoms with E-state index in [4.69, 9.17) is 5.73 Å². The molecular weight excluding hydrogens is 264 g/mol. The number of rotatable bonds is 4. The van der Waals surface area contributed by atoms with Gasteiger partial charge in [-0.15, -0.1) is 0 Å². The maximum Gasteiger partial charge on any atom is 0.252 e. The van der Waals surface area contributed by atoms with E-state index in [-0.39, 0.29) is 12.5 Å². The van der Waals surface area contributed by atoms with Gasteiger partial charge in [-0.3, -0.25) is 4.79 Å². The van der Waals surface area contributed by atoms with Crippen LogP contribution in [0.4, 0.5) is 14.6 Å². The number of halogens is 2. The van der Waals surface area contributed by atoms with Crippen molar-refractivity contribution in [2.45, 2.75) is 6.42 Å². The van der Waals surface area contributed by atoms with Crippen molar-refractivity contribution in [1.29, 1.82) is 0 Å². The number of nitrogens with two attached hydrogens (primary N) is 1. The van der Waals surface area contributed by atoms with Crippen molar-refractivity contribution < 1.29 is 13.6 Å². The number of carbonyl (C=O) groups excluding carboxylic acids is 1. The van der Waals surface area contributed by atoms with E-state index in [2.05, 4.69) is 10.3 Å². The molecule has 0 aliphatic carbocycles. The highest BCUT2D eigenvalue weighted by atomic mass is 19.1. The van der Waals surface area contributed by atoms with Gasteiger partial charge in [-0.1, -0.05) is 0 Å². The number of carbonyl (C=O) groups is 1. The Morgan fingerprint density at radius 1 is 1.20 bits per heavy atom. The summed E-state index contributed by atoms with van der Waals surface area (Å²) in [6.07, 6.45) is 1.70. The second-order valence-electron chi connectivity index (χ2n) is 4.26. The fraction of sp³-hybridized carbons (Fsp3) is 0.143. The van der Waals surface area contributed by atoms with Crippen LogP contribution in [0.2, 0.25) is 0 Å². The molecule has 0 aliphatic rings. The summed E-state index contributed by atoms with van der Waals surface area (Å²) in [5, 5.41) is 2.64. The monoisotopic (exact) mass is 277 g/mol. The second-order valence-corrected chi connectivity index (χ2v) is 4.26. The number of nitrogens with one attached hydrogen (secondary N) is 1. The molecule has 0 spiro atoms. The molecule has 3 N–H and O–H groups in total. The van der Waals surface area contributed by atoms with Crippen LogP contribution in [-0.4, -0.2) is 17.4 Å². The topological polar surface area (TPSA) is 68.0 Å². The van der Waals surface area contributed by atoms with Gasteiger partial charge in [0.1, 0.15) is 17.5 Å². The summed E-state index contributed by atoms with van der Waals surface area (Å²) in [6.45, 7) is 0.270. The van der Waals surface area contributed by atoms with Crippen molar-refractivity contribution in [2.24, 2.45) is 0 Å². The first-order valence-corrected chi connectivity index (χ1v) is 5.99. The number of amides is 1. The lowest BCUT2D eigenvalue weighted by Crippen LogP contribution is -2.25. The number of benzene rings is 1. The number of nitrogens with zero attached hydrogens (tertiary/aromatic N) is 1. The fourth-order valence-corrected chi connectivity index (χ4v) is 1.72. The fourth-order valence-electron chi connectivity index (χ4n) is 1.72. The van der Waals surface area contributed by atoms with Gasteiger partial charge in [-0.2, -0.15) is 0 Å². The number of aromatic nitrogens is 1. The van der Waals surface area contributed by atoms with Crippen LogP contribution in [0.15, 0.2) is 36.5 Å². The minimum Gasteiger partial charge on any atom is -0.384 e. The molecule has 1 aromatic carbocycles. The van der Waals surface area contributed by atoms with Crippen molar-refractivity contribution in [1.82, 2.24) is 10.3 Å². The van der Waals surface area contributed by atoms with Crippen LogP contribution >= 0.6 is 0 Å². The molecule has 6 heteroatoms. The van der Waals surface area contributed by atoms with E-state index < -0.39 is 11.6 Å². The molecule has 2 aromatic rings. The van der Waals surface area contributed by atoms with Crippen molar-refractivity contribution in [3.63, 3.8) is 0 Å². The van der Waals surface area contributed by atoms with E-state index in [1.807, 2.05) is 0 Å². The number of nitrogen functional groups attached to an aromatic ring is 1. The average molecular weight is 277 g/mol. The molecule has 0 bridgehead atoms. The molecule has 0 unspecified atom stereocenters. The zero-order chi connectivity index (χ0) is 14.5. The summed E-state index contributed by atoms with van der Waals surface area (Å²) in [6, 6.07) is 6.36. The van der Waals surface area contributed by atoms with Crippen molar-refractivity contribution in [2.75, 3.05) is 12.3 Å². The lowest BCUT2D eigenvalue weighted by atomic mass is 10.1. The zero-order valence-electron chi connectivity index (χ0n) is 10.6. The van der Waals surface area contributed by atoms with E-state index in [1.165, 1.54) is 24.4 Å². The van der Waals surface area contributed by atoms with Crippen LogP contribution in [0.5, 0.6) is 0 Å². The van der Waals surface area contributed by atoms with Gasteiger partial charge in [0.15, 0.2) is 0 Å². The molecule has 1 aromatic heterocycles. The molecule has 2 rings (SSSR count). The molecule has 0 saturated heterocycles. The van der Waals surface area contributed by atoms with Crippen LogP contribution in [0.1, 0.15) is 15.9 Å². The number of hydrogen-bond donors (Lipinski definition) is 2. The Balaban J connectivity index is 1.89. The molecule has 0 fully saturated rings. The zero-order valence-corrected chi connectivity index (χ0v) is 10.6. The van der Waals surface area contributed by atoms with E-state index in [0.717, 1.165) is 6.07 Å². The average Bonchev–Trinajstić information content (AvgIpc) is 2.38. The number of hydrogen-bond acceptors (Lipinski definition) is 3. The number of pyridine rings is 1. The Bertz CT molecular complexity index is 594. The standard InChI is InChI=1S/C14H13F2N3O/c15-11-5-9(6-12(16)7-11)3-4-18-14(20)10-1-2-13(17)19-8-10/h1-2,5-8H,3-4H2,(H2,17,19)(H,18,20). The summed E-state index contributed by atoms with van der Waals surface area (Å²) < 4.78 is 25.9. The Morgan fingerprint density at radius 3 is 2.50 bits per heavy atom. The first-order valence-electron chi connectivity index (χ1n) is 5.99. The summed E-state index contributed by atoms with van der Waals surface area (Å²) in [4.78, 5) is 15.5. The van der Waals surface area contributed by atoms with E-state index in [9.17, 15) is 13.6 Å². The highest BCUT2D eigenvalue weighted by molar-refractivity contribution is 5.93. The first kappa shape index (κ1) is 13.9. The third-order valence-electron chi connectivity index (χ3n) is 2.67. The summed E-state index contributed by atoms with van der Waals surface area (Å²) in [5.41, 5.74) is 6.28. The maximum absolute atomic E-state index is 13.0. The van der Waals surface area contributed by atoms with Gasteiger partial charge >= 0.3 is 0 Å². The van der Waals surface area contributed by atoms with Gasteiger partial charge in [-0.25, -0.2) is 13.8 Å². The highest BCUT2D eigenvalue weighted by Gasteiger charge is 2.06. The maximum atomic E-state index is 13.0. The van der Waals surface area contributed by atoms with Crippen LogP contribution < -0.4 is 11.1 Å². The Labute approximate surface area is 114 Å². The van der Waals surface area contributed by atoms with Gasteiger partial charge in [0, 0.05) is 18.8 Å². The molecule has 0 atom stereocenters. The van der Waals surface area contributed by atoms with Crippen molar-refractivity contribution in [3.05, 3.63) is 59.3 Å². The summed E-state index contributed by atoms with van der Waals surface area (Å²) in [7, 11) is 0. The quantitative estimate of drug-likeness (QED) is 0.897. The second kappa shape index (κ2) is 6.10. The van der Waals surface area contributed by atoms with Crippen molar-refractivity contribution in [3.8, 4) is 0 Å². The Kier molecular flexibility index (Phi) is 4.24. The molecule has 4 nitrogen and oxygen atoms in total. The Morgan fingerprint density at radius 2 is 1.90 bits per heavy atom. The SMILES string of the molecule is Nc1ccc(C(=O)NCCc2cc(F)cc(F)c2)cn1. The smallest absolute Gasteiger partial charge is 0.252 e. The summed E-state index contributed by atoms with van der Waals surface area (Å²) in [5.74, 6) is -1.24. The van der Waals surface area contributed by atoms with Crippen LogP contribution in [-0.2, 0) is 6.42 Å². The number of anilines is 1. The predicted octanol–water partition coefficient (Wildman–Crippen LogP) is 1.91. The molecule has 0 radical (unpaired) electrons. The van der Waals surface area contributed by atoms with Crippen LogP contribution in [0.25, 0.3) is 0 Å². The Hall–Kier alpha value is -2.50. The largest absolute Gasteiger partial charge is 0.384 e. The van der Waals surface area contributed by atoms with E-state index in [1.54, 1.807) is 6.07 Å². The van der Waals surface area contributed by atoms with Gasteiger partial charge in [0.2, 0.25) is 0 Å². The molecule has 1 heterocycles. The van der Waals surface area contributed by atoms with Crippen LogP contribution in [0.3, 0.4) is 0 Å². The first-order chi connectivity index (χ1) is 9.54. The van der Waals surface area contributed by atoms with Gasteiger partial charge in [-0.05, 0) is 36.2 Å². The molecule has 104 valence electrons. The highest BCUT2D eigenvalue weighted by Crippen LogP contribution is 2.08. The normalized spacial score (nSPS) is 10.3. The lowest BCUT2D eigenvalue weighted by Gasteiger charge is -2.06. The predicted molar refractivity (Wildman–Crippen MR) is 71.0 cm³/mol. The molecule has 20 heavy (non-hydrogen) atoms. The molecular formula is C14H13F2N3O. The third-order valence-corrected chi connectivity index (χ3v) is 2.67. The van der Waals surface area contributed by atoms with E-state index in [0.29, 0.717) is 23.4 Å². The third kappa shape index (κ3) is 3.74. The molecule has 0 saturated carbocycles. The van der Waals surface area contributed by atoms with Gasteiger partial charge < -0.3 is 11.1 Å². The summed E-state index contributed by atoms with van der Waals surface area (Å²) >= 11 is 0. The van der Waals surface area contributed by atoms with E-state index >= 15 is 0 Å². The molecule has 1 amide bonds. The minimum atomic E-state index is -0.630. The molecule has 0 aliphatic heterocycles. The minimum absolute atomic E-state index is 0.270. The van der Waals surface area contributed by atoms with Crippen molar-refractivity contribution >= 4 is 11.7 Å². The van der Waals surface area contributed by atoms with Gasteiger partial charge in [0.05, 0.1) is 5.56 Å². The lowest BCUT2D eigenvalue weighted by molar-refractivity contribution is 0.0954.